The summed E-state index contributed by atoms with van der Waals surface area (Å²) >= 11 is 0. The maximum atomic E-state index is 12.9. The molecule has 0 aliphatic rings. The van der Waals surface area contributed by atoms with Gasteiger partial charge in [0.2, 0.25) is 5.91 Å². The first kappa shape index (κ1) is 22.8. The number of ether oxygens (including phenoxy) is 3. The van der Waals surface area contributed by atoms with E-state index in [0.29, 0.717) is 30.2 Å². The van der Waals surface area contributed by atoms with Crippen molar-refractivity contribution >= 4 is 11.8 Å². The SMILES string of the molecule is COCCNC(=O)CNC(=O)c1nn(-c2ccccc2)cc1-c1ccc(OC)c(OC)c1. The molecule has 3 aromatic rings. The fourth-order valence-electron chi connectivity index (χ4n) is 3.07. The lowest BCUT2D eigenvalue weighted by molar-refractivity contribution is -0.120. The topological polar surface area (TPSA) is 104 Å². The van der Waals surface area contributed by atoms with E-state index in [0.717, 1.165) is 11.3 Å². The van der Waals surface area contributed by atoms with Crippen LogP contribution in [-0.4, -0.2) is 62.6 Å². The Labute approximate surface area is 186 Å². The summed E-state index contributed by atoms with van der Waals surface area (Å²) in [5.41, 5.74) is 2.29. The molecule has 0 saturated carbocycles. The van der Waals surface area contributed by atoms with Gasteiger partial charge in [-0.2, -0.15) is 5.10 Å². The van der Waals surface area contributed by atoms with Crippen LogP contribution in [0.25, 0.3) is 16.8 Å². The average molecular weight is 438 g/mol. The van der Waals surface area contributed by atoms with Gasteiger partial charge in [-0.1, -0.05) is 24.3 Å². The lowest BCUT2D eigenvalue weighted by Gasteiger charge is -2.10. The summed E-state index contributed by atoms with van der Waals surface area (Å²) in [6.07, 6.45) is 1.77. The van der Waals surface area contributed by atoms with Gasteiger partial charge in [-0.25, -0.2) is 4.68 Å². The van der Waals surface area contributed by atoms with Gasteiger partial charge in [0.25, 0.3) is 5.91 Å². The van der Waals surface area contributed by atoms with E-state index < -0.39 is 5.91 Å². The zero-order chi connectivity index (χ0) is 22.9. The largest absolute Gasteiger partial charge is 0.493 e. The number of methoxy groups -OCH3 is 3. The molecule has 1 heterocycles. The summed E-state index contributed by atoms with van der Waals surface area (Å²) in [7, 11) is 4.65. The van der Waals surface area contributed by atoms with Gasteiger partial charge in [-0.15, -0.1) is 0 Å². The van der Waals surface area contributed by atoms with E-state index in [-0.39, 0.29) is 18.1 Å². The minimum absolute atomic E-state index is 0.174. The highest BCUT2D eigenvalue weighted by molar-refractivity contribution is 6.00. The first-order valence-corrected chi connectivity index (χ1v) is 9.98. The summed E-state index contributed by atoms with van der Waals surface area (Å²) < 4.78 is 17.2. The molecule has 9 nitrogen and oxygen atoms in total. The normalized spacial score (nSPS) is 10.5. The van der Waals surface area contributed by atoms with Crippen molar-refractivity contribution in [3.8, 4) is 28.3 Å². The quantitative estimate of drug-likeness (QED) is 0.470. The van der Waals surface area contributed by atoms with Crippen LogP contribution in [-0.2, 0) is 9.53 Å². The van der Waals surface area contributed by atoms with Crippen molar-refractivity contribution < 1.29 is 23.8 Å². The Hall–Kier alpha value is -3.85. The monoisotopic (exact) mass is 438 g/mol. The fraction of sp³-hybridized carbons (Fsp3) is 0.261. The summed E-state index contributed by atoms with van der Waals surface area (Å²) in [6, 6.07) is 14.8. The Kier molecular flexibility index (Phi) is 7.82. The smallest absolute Gasteiger partial charge is 0.272 e. The molecule has 0 aliphatic heterocycles. The van der Waals surface area contributed by atoms with Crippen molar-refractivity contribution in [2.45, 2.75) is 0 Å². The number of hydrogen-bond acceptors (Lipinski definition) is 6. The van der Waals surface area contributed by atoms with Crippen LogP contribution in [0.15, 0.2) is 54.7 Å². The van der Waals surface area contributed by atoms with E-state index in [1.165, 1.54) is 0 Å². The molecule has 0 fully saturated rings. The maximum absolute atomic E-state index is 12.9. The molecule has 0 spiro atoms. The van der Waals surface area contributed by atoms with Crippen molar-refractivity contribution in [1.82, 2.24) is 20.4 Å². The zero-order valence-electron chi connectivity index (χ0n) is 18.3. The first-order chi connectivity index (χ1) is 15.6. The number of para-hydroxylation sites is 1. The molecule has 0 radical (unpaired) electrons. The van der Waals surface area contributed by atoms with Crippen molar-refractivity contribution in [2.24, 2.45) is 0 Å². The van der Waals surface area contributed by atoms with Gasteiger partial charge in [-0.3, -0.25) is 9.59 Å². The molecular weight excluding hydrogens is 412 g/mol. The molecule has 0 atom stereocenters. The van der Waals surface area contributed by atoms with Crippen LogP contribution in [0, 0.1) is 0 Å². The fourth-order valence-corrected chi connectivity index (χ4v) is 3.07. The van der Waals surface area contributed by atoms with Crippen LogP contribution in [0.5, 0.6) is 11.5 Å². The third-order valence-corrected chi connectivity index (χ3v) is 4.68. The van der Waals surface area contributed by atoms with E-state index in [9.17, 15) is 9.59 Å². The van der Waals surface area contributed by atoms with Crippen molar-refractivity contribution in [3.63, 3.8) is 0 Å². The lowest BCUT2D eigenvalue weighted by Crippen LogP contribution is -2.38. The Bertz CT molecular complexity index is 1070. The second-order valence-corrected chi connectivity index (χ2v) is 6.77. The van der Waals surface area contributed by atoms with E-state index >= 15 is 0 Å². The summed E-state index contributed by atoms with van der Waals surface area (Å²) in [5, 5.41) is 9.78. The molecule has 2 aromatic carbocycles. The highest BCUT2D eigenvalue weighted by Gasteiger charge is 2.20. The summed E-state index contributed by atoms with van der Waals surface area (Å²) in [6.45, 7) is 0.585. The van der Waals surface area contributed by atoms with Gasteiger partial charge in [0.15, 0.2) is 17.2 Å². The maximum Gasteiger partial charge on any atom is 0.272 e. The average Bonchev–Trinajstić information content (AvgIpc) is 3.28. The third-order valence-electron chi connectivity index (χ3n) is 4.68. The van der Waals surface area contributed by atoms with E-state index in [1.807, 2.05) is 36.4 Å². The van der Waals surface area contributed by atoms with Gasteiger partial charge in [0, 0.05) is 25.4 Å². The minimum Gasteiger partial charge on any atom is -0.493 e. The van der Waals surface area contributed by atoms with E-state index in [1.54, 1.807) is 44.3 Å². The van der Waals surface area contributed by atoms with Crippen molar-refractivity contribution in [1.29, 1.82) is 0 Å². The van der Waals surface area contributed by atoms with Gasteiger partial charge >= 0.3 is 0 Å². The summed E-state index contributed by atoms with van der Waals surface area (Å²) in [4.78, 5) is 24.9. The highest BCUT2D eigenvalue weighted by Crippen LogP contribution is 2.34. The minimum atomic E-state index is -0.466. The standard InChI is InChI=1S/C23H26N4O5/c1-30-12-11-24-21(28)14-25-23(29)22-18(15-27(26-22)17-7-5-4-6-8-17)16-9-10-19(31-2)20(13-16)32-3/h4-10,13,15H,11-12,14H2,1-3H3,(H,24,28)(H,25,29). The van der Waals surface area contributed by atoms with E-state index in [2.05, 4.69) is 15.7 Å². The molecule has 3 rings (SSSR count). The predicted molar refractivity (Wildman–Crippen MR) is 119 cm³/mol. The van der Waals surface area contributed by atoms with Crippen LogP contribution < -0.4 is 20.1 Å². The van der Waals surface area contributed by atoms with Crippen LogP contribution in [0.1, 0.15) is 10.5 Å². The number of carbonyl (C=O) groups excluding carboxylic acids is 2. The Morgan fingerprint density at radius 3 is 2.41 bits per heavy atom. The molecule has 2 amide bonds. The van der Waals surface area contributed by atoms with Crippen LogP contribution >= 0.6 is 0 Å². The predicted octanol–water partition coefficient (Wildman–Crippen LogP) is 2.05. The number of carbonyl (C=O) groups is 2. The number of nitrogens with one attached hydrogen (secondary N) is 2. The van der Waals surface area contributed by atoms with Gasteiger partial charge in [0.1, 0.15) is 0 Å². The summed E-state index contributed by atoms with van der Waals surface area (Å²) in [5.74, 6) is 0.323. The molecule has 1 aromatic heterocycles. The second kappa shape index (κ2) is 11.0. The van der Waals surface area contributed by atoms with Crippen LogP contribution in [0.4, 0.5) is 0 Å². The number of hydrogen-bond donors (Lipinski definition) is 2. The molecule has 32 heavy (non-hydrogen) atoms. The molecular formula is C23H26N4O5. The van der Waals surface area contributed by atoms with E-state index in [4.69, 9.17) is 14.2 Å². The highest BCUT2D eigenvalue weighted by atomic mass is 16.5. The number of nitrogens with zero attached hydrogens (tertiary/aromatic N) is 2. The van der Waals surface area contributed by atoms with Crippen LogP contribution in [0.2, 0.25) is 0 Å². The second-order valence-electron chi connectivity index (χ2n) is 6.77. The number of benzene rings is 2. The molecule has 0 unspecified atom stereocenters. The van der Waals surface area contributed by atoms with Gasteiger partial charge < -0.3 is 24.8 Å². The molecule has 9 heteroatoms. The molecule has 0 aliphatic carbocycles. The number of amides is 2. The van der Waals surface area contributed by atoms with Crippen LogP contribution in [0.3, 0.4) is 0 Å². The molecule has 0 bridgehead atoms. The Morgan fingerprint density at radius 2 is 1.72 bits per heavy atom. The third kappa shape index (κ3) is 5.44. The Morgan fingerprint density at radius 1 is 0.969 bits per heavy atom. The van der Waals surface area contributed by atoms with Crippen molar-refractivity contribution in [2.75, 3.05) is 41.0 Å². The lowest BCUT2D eigenvalue weighted by atomic mass is 10.1. The first-order valence-electron chi connectivity index (χ1n) is 9.98. The van der Waals surface area contributed by atoms with Crippen molar-refractivity contribution in [3.05, 3.63) is 60.4 Å². The molecule has 0 saturated heterocycles. The van der Waals surface area contributed by atoms with Gasteiger partial charge in [-0.05, 0) is 29.8 Å². The molecule has 2 N–H and O–H groups in total. The Balaban J connectivity index is 1.91. The molecule has 168 valence electrons. The number of aromatic nitrogens is 2. The van der Waals surface area contributed by atoms with Gasteiger partial charge in [0.05, 0.1) is 33.1 Å². The number of rotatable bonds is 10. The zero-order valence-corrected chi connectivity index (χ0v) is 18.3.